The molecule has 0 spiro atoms. The van der Waals surface area contributed by atoms with Crippen molar-refractivity contribution in [2.45, 2.75) is 31.6 Å². The van der Waals surface area contributed by atoms with Crippen LogP contribution in [-0.4, -0.2) is 37.6 Å². The van der Waals surface area contributed by atoms with E-state index in [4.69, 9.17) is 4.78 Å². The Labute approximate surface area is 73.7 Å². The van der Waals surface area contributed by atoms with Crippen LogP contribution in [0.4, 0.5) is 0 Å². The fourth-order valence-corrected chi connectivity index (χ4v) is 2.74. The minimum absolute atomic E-state index is 0.173. The molecule has 1 heterocycles. The molecule has 0 radical (unpaired) electrons. The van der Waals surface area contributed by atoms with Crippen molar-refractivity contribution >= 4 is 9.92 Å². The zero-order valence-corrected chi connectivity index (χ0v) is 8.52. The van der Waals surface area contributed by atoms with E-state index in [-0.39, 0.29) is 5.25 Å². The molecule has 2 N–H and O–H groups in total. The molecule has 5 heteroatoms. The SMILES string of the molecule is CC(C)S(=N)(=O)N1CC(C)(O)C1. The Kier molecular flexibility index (Phi) is 2.22. The standard InChI is InChI=1S/C7H16N2O2S/c1-6(2)12(8,11)9-4-7(3,10)5-9/h6,8,10H,4-5H2,1-3H3. The second-order valence-electron chi connectivity index (χ2n) is 3.91. The van der Waals surface area contributed by atoms with E-state index < -0.39 is 15.5 Å². The van der Waals surface area contributed by atoms with Crippen LogP contribution in [-0.2, 0) is 9.92 Å². The van der Waals surface area contributed by atoms with Crippen molar-refractivity contribution in [1.82, 2.24) is 4.31 Å². The van der Waals surface area contributed by atoms with Gasteiger partial charge in [-0.05, 0) is 20.8 Å². The van der Waals surface area contributed by atoms with Gasteiger partial charge in [-0.3, -0.25) is 0 Å². The summed E-state index contributed by atoms with van der Waals surface area (Å²) in [6.45, 7) is 5.94. The van der Waals surface area contributed by atoms with Gasteiger partial charge < -0.3 is 5.11 Å². The monoisotopic (exact) mass is 192 g/mol. The van der Waals surface area contributed by atoms with Gasteiger partial charge in [-0.2, -0.15) is 0 Å². The molecule has 72 valence electrons. The van der Waals surface area contributed by atoms with Crippen molar-refractivity contribution < 1.29 is 9.32 Å². The second-order valence-corrected chi connectivity index (χ2v) is 6.51. The number of nitrogens with zero attached hydrogens (tertiary/aromatic N) is 1. The van der Waals surface area contributed by atoms with Gasteiger partial charge in [0, 0.05) is 13.1 Å². The molecule has 1 atom stereocenters. The summed E-state index contributed by atoms with van der Waals surface area (Å²) in [5.74, 6) is 0. The summed E-state index contributed by atoms with van der Waals surface area (Å²) in [6.07, 6.45) is 0. The number of β-amino-alcohol motifs (C(OH)–C–C–N with tert-alkyl or cyclic N) is 1. The molecule has 0 saturated carbocycles. The number of hydrogen-bond acceptors (Lipinski definition) is 3. The van der Waals surface area contributed by atoms with Crippen molar-refractivity contribution in [2.75, 3.05) is 13.1 Å². The van der Waals surface area contributed by atoms with Crippen LogP contribution in [0, 0.1) is 4.78 Å². The van der Waals surface area contributed by atoms with E-state index in [1.165, 1.54) is 4.31 Å². The van der Waals surface area contributed by atoms with Crippen LogP contribution >= 0.6 is 0 Å². The van der Waals surface area contributed by atoms with Crippen molar-refractivity contribution in [2.24, 2.45) is 0 Å². The largest absolute Gasteiger partial charge is 0.387 e. The maximum atomic E-state index is 11.6. The lowest BCUT2D eigenvalue weighted by atomic mass is 10.0. The predicted molar refractivity (Wildman–Crippen MR) is 48.2 cm³/mol. The molecule has 0 bridgehead atoms. The molecule has 1 rings (SSSR count). The fourth-order valence-electron chi connectivity index (χ4n) is 1.20. The molecular weight excluding hydrogens is 176 g/mol. The Bertz CT molecular complexity index is 261. The van der Waals surface area contributed by atoms with E-state index in [1.807, 2.05) is 0 Å². The molecule has 4 nitrogen and oxygen atoms in total. The highest BCUT2D eigenvalue weighted by molar-refractivity contribution is 7.90. The lowest BCUT2D eigenvalue weighted by molar-refractivity contribution is -0.0415. The van der Waals surface area contributed by atoms with Crippen molar-refractivity contribution in [3.63, 3.8) is 0 Å². The molecule has 12 heavy (non-hydrogen) atoms. The normalized spacial score (nSPS) is 28.1. The average Bonchev–Trinajstić information content (AvgIpc) is 1.82. The molecule has 0 aromatic rings. The third kappa shape index (κ3) is 1.62. The highest BCUT2D eigenvalue weighted by Crippen LogP contribution is 2.25. The minimum atomic E-state index is -2.64. The highest BCUT2D eigenvalue weighted by Gasteiger charge is 2.42. The summed E-state index contributed by atoms with van der Waals surface area (Å²) >= 11 is 0. The van der Waals surface area contributed by atoms with Crippen molar-refractivity contribution in [1.29, 1.82) is 4.78 Å². The number of aliphatic hydroxyl groups is 1. The summed E-state index contributed by atoms with van der Waals surface area (Å²) < 4.78 is 20.7. The molecule has 0 aliphatic carbocycles. The quantitative estimate of drug-likeness (QED) is 0.666. The zero-order valence-electron chi connectivity index (χ0n) is 7.70. The second kappa shape index (κ2) is 2.68. The molecule has 0 aromatic heterocycles. The van der Waals surface area contributed by atoms with E-state index in [0.717, 1.165) is 0 Å². The Morgan fingerprint density at radius 1 is 1.58 bits per heavy atom. The van der Waals surface area contributed by atoms with Crippen molar-refractivity contribution in [3.8, 4) is 0 Å². The van der Waals surface area contributed by atoms with Gasteiger partial charge in [0.2, 0.25) is 0 Å². The van der Waals surface area contributed by atoms with E-state index in [2.05, 4.69) is 0 Å². The van der Waals surface area contributed by atoms with Gasteiger partial charge in [-0.1, -0.05) is 0 Å². The summed E-state index contributed by atoms with van der Waals surface area (Å²) in [5.41, 5.74) is -0.738. The van der Waals surface area contributed by atoms with Gasteiger partial charge in [-0.25, -0.2) is 13.3 Å². The number of nitrogens with one attached hydrogen (secondary N) is 1. The summed E-state index contributed by atoms with van der Waals surface area (Å²) in [6, 6.07) is 0. The number of rotatable bonds is 2. The molecule has 1 aliphatic heterocycles. The van der Waals surface area contributed by atoms with Crippen LogP contribution in [0.2, 0.25) is 0 Å². The molecule has 1 aliphatic rings. The van der Waals surface area contributed by atoms with Crippen molar-refractivity contribution in [3.05, 3.63) is 0 Å². The van der Waals surface area contributed by atoms with E-state index in [1.54, 1.807) is 20.8 Å². The molecule has 1 fully saturated rings. The Morgan fingerprint density at radius 2 is 2.00 bits per heavy atom. The van der Waals surface area contributed by atoms with Gasteiger partial charge in [0.25, 0.3) is 0 Å². The molecule has 0 aromatic carbocycles. The maximum Gasteiger partial charge on any atom is 0.110 e. The van der Waals surface area contributed by atoms with Crippen LogP contribution in [0.5, 0.6) is 0 Å². The van der Waals surface area contributed by atoms with Crippen LogP contribution < -0.4 is 0 Å². The maximum absolute atomic E-state index is 11.6. The third-order valence-corrected chi connectivity index (χ3v) is 4.36. The Hall–Kier alpha value is -0.130. The summed E-state index contributed by atoms with van der Waals surface area (Å²) in [5, 5.41) is 9.21. The molecule has 1 unspecified atom stereocenters. The van der Waals surface area contributed by atoms with Gasteiger partial charge >= 0.3 is 0 Å². The van der Waals surface area contributed by atoms with Crippen LogP contribution in [0.15, 0.2) is 0 Å². The van der Waals surface area contributed by atoms with Crippen LogP contribution in [0.1, 0.15) is 20.8 Å². The average molecular weight is 192 g/mol. The first kappa shape index (κ1) is 9.95. The van der Waals surface area contributed by atoms with E-state index in [0.29, 0.717) is 13.1 Å². The Balaban J connectivity index is 2.65. The molecule has 0 amide bonds. The Morgan fingerprint density at radius 3 is 2.25 bits per heavy atom. The summed E-state index contributed by atoms with van der Waals surface area (Å²) in [7, 11) is -2.64. The first-order chi connectivity index (χ1) is 5.26. The van der Waals surface area contributed by atoms with E-state index in [9.17, 15) is 9.32 Å². The smallest absolute Gasteiger partial charge is 0.110 e. The highest BCUT2D eigenvalue weighted by atomic mass is 32.2. The van der Waals surface area contributed by atoms with E-state index >= 15 is 0 Å². The van der Waals surface area contributed by atoms with Gasteiger partial charge in [-0.15, -0.1) is 0 Å². The fraction of sp³-hybridized carbons (Fsp3) is 1.00. The molecule has 1 saturated heterocycles. The van der Waals surface area contributed by atoms with Crippen LogP contribution in [0.3, 0.4) is 0 Å². The molecular formula is C7H16N2O2S. The van der Waals surface area contributed by atoms with Gasteiger partial charge in [0.05, 0.1) is 10.9 Å². The zero-order chi connectivity index (χ0) is 9.57. The predicted octanol–water partition coefficient (Wildman–Crippen LogP) is 0.423. The lowest BCUT2D eigenvalue weighted by Gasteiger charge is -2.45. The van der Waals surface area contributed by atoms with Gasteiger partial charge in [0.1, 0.15) is 9.92 Å². The van der Waals surface area contributed by atoms with Crippen LogP contribution in [0.25, 0.3) is 0 Å². The number of hydrogen-bond donors (Lipinski definition) is 2. The lowest BCUT2D eigenvalue weighted by Crippen LogP contribution is -2.62. The minimum Gasteiger partial charge on any atom is -0.387 e. The first-order valence-electron chi connectivity index (χ1n) is 4.01. The van der Waals surface area contributed by atoms with Gasteiger partial charge in [0.15, 0.2) is 0 Å². The third-order valence-electron chi connectivity index (χ3n) is 2.06. The topological polar surface area (TPSA) is 64.4 Å². The summed E-state index contributed by atoms with van der Waals surface area (Å²) in [4.78, 5) is 0. The first-order valence-corrected chi connectivity index (χ1v) is 5.59.